The van der Waals surface area contributed by atoms with E-state index in [1.165, 1.54) is 4.88 Å². The average Bonchev–Trinajstić information content (AvgIpc) is 3.16. The predicted octanol–water partition coefficient (Wildman–Crippen LogP) is 4.01. The van der Waals surface area contributed by atoms with Gasteiger partial charge in [-0.1, -0.05) is 38.1 Å². The minimum atomic E-state index is -0.993. The summed E-state index contributed by atoms with van der Waals surface area (Å²) in [6, 6.07) is 13.8. The highest BCUT2D eigenvalue weighted by Crippen LogP contribution is 2.27. The summed E-state index contributed by atoms with van der Waals surface area (Å²) in [5, 5.41) is 8.65. The number of guanidine groups is 1. The van der Waals surface area contributed by atoms with Gasteiger partial charge in [0.05, 0.1) is 17.3 Å². The Kier molecular flexibility index (Phi) is 10.4. The van der Waals surface area contributed by atoms with Crippen LogP contribution in [0.5, 0.6) is 0 Å². The van der Waals surface area contributed by atoms with E-state index in [-0.39, 0.29) is 29.4 Å². The minimum absolute atomic E-state index is 0. The Hall–Kier alpha value is -0.930. The fourth-order valence-corrected chi connectivity index (χ4v) is 4.14. The summed E-state index contributed by atoms with van der Waals surface area (Å²) in [7, 11) is -0.993. The number of nitrogens with one attached hydrogen (secondary N) is 2. The largest absolute Gasteiger partial charge is 0.357 e. The molecule has 0 fully saturated rings. The van der Waals surface area contributed by atoms with E-state index in [0.717, 1.165) is 17.4 Å². The second kappa shape index (κ2) is 11.7. The lowest BCUT2D eigenvalue weighted by atomic mass is 9.92. The first-order chi connectivity index (χ1) is 12.0. The maximum Gasteiger partial charge on any atom is 0.191 e. The lowest BCUT2D eigenvalue weighted by Gasteiger charge is -2.21. The van der Waals surface area contributed by atoms with Crippen LogP contribution in [0.1, 0.15) is 25.6 Å². The molecule has 7 heteroatoms. The Morgan fingerprint density at radius 1 is 1.15 bits per heavy atom. The molecule has 2 aromatic rings. The van der Waals surface area contributed by atoms with E-state index in [2.05, 4.69) is 42.0 Å². The van der Waals surface area contributed by atoms with Crippen LogP contribution in [0.3, 0.4) is 0 Å². The van der Waals surface area contributed by atoms with Gasteiger partial charge in [0, 0.05) is 34.0 Å². The molecule has 0 amide bonds. The summed E-state index contributed by atoms with van der Waals surface area (Å²) in [4.78, 5) is 6.91. The zero-order chi connectivity index (χ0) is 18.1. The molecule has 4 nitrogen and oxygen atoms in total. The summed E-state index contributed by atoms with van der Waals surface area (Å²) >= 11 is 1.76. The molecule has 0 saturated heterocycles. The maximum atomic E-state index is 12.3. The molecule has 144 valence electrons. The molecule has 1 heterocycles. The topological polar surface area (TPSA) is 53.5 Å². The van der Waals surface area contributed by atoms with E-state index in [1.54, 1.807) is 11.3 Å². The van der Waals surface area contributed by atoms with Gasteiger partial charge in [0.2, 0.25) is 0 Å². The molecule has 0 spiro atoms. The van der Waals surface area contributed by atoms with Crippen LogP contribution in [0, 0.1) is 0 Å². The average molecular weight is 505 g/mol. The molecule has 1 atom stereocenters. The fourth-order valence-electron chi connectivity index (χ4n) is 2.31. The van der Waals surface area contributed by atoms with Crippen LogP contribution in [-0.4, -0.2) is 35.6 Å². The summed E-state index contributed by atoms with van der Waals surface area (Å²) in [6.07, 6.45) is 0. The third kappa shape index (κ3) is 7.36. The van der Waals surface area contributed by atoms with Gasteiger partial charge in [-0.15, -0.1) is 35.3 Å². The molecule has 0 bridgehead atoms. The monoisotopic (exact) mass is 505 g/mol. The number of benzene rings is 1. The zero-order valence-corrected chi connectivity index (χ0v) is 19.5. The van der Waals surface area contributed by atoms with Gasteiger partial charge in [-0.25, -0.2) is 0 Å². The standard InChI is InChI=1S/C19H27N3OS2.HI/c1-4-20-18(22-15-19(2,3)17-11-8-13-24-17)21-12-14-25(23)16-9-6-5-7-10-16;/h5-11,13H,4,12,14-15H2,1-3H3,(H2,20,21,22);1H. The maximum absolute atomic E-state index is 12.3. The van der Waals surface area contributed by atoms with Gasteiger partial charge in [0.1, 0.15) is 0 Å². The van der Waals surface area contributed by atoms with Gasteiger partial charge in [-0.05, 0) is 30.5 Å². The smallest absolute Gasteiger partial charge is 0.191 e. The number of hydrogen-bond acceptors (Lipinski definition) is 3. The number of halogens is 1. The van der Waals surface area contributed by atoms with Crippen molar-refractivity contribution in [3.63, 3.8) is 0 Å². The molecule has 26 heavy (non-hydrogen) atoms. The van der Waals surface area contributed by atoms with Crippen molar-refractivity contribution in [3.8, 4) is 0 Å². The van der Waals surface area contributed by atoms with Crippen LogP contribution in [-0.2, 0) is 16.2 Å². The third-order valence-electron chi connectivity index (χ3n) is 3.75. The molecule has 2 N–H and O–H groups in total. The van der Waals surface area contributed by atoms with Gasteiger partial charge < -0.3 is 10.6 Å². The van der Waals surface area contributed by atoms with Crippen LogP contribution >= 0.6 is 35.3 Å². The van der Waals surface area contributed by atoms with Gasteiger partial charge in [0.15, 0.2) is 5.96 Å². The van der Waals surface area contributed by atoms with Crippen molar-refractivity contribution in [3.05, 3.63) is 52.7 Å². The van der Waals surface area contributed by atoms with E-state index in [1.807, 2.05) is 37.3 Å². The second-order valence-corrected chi connectivity index (χ2v) is 8.86. The van der Waals surface area contributed by atoms with Crippen molar-refractivity contribution in [2.75, 3.05) is 25.4 Å². The van der Waals surface area contributed by atoms with Crippen molar-refractivity contribution in [1.29, 1.82) is 0 Å². The summed E-state index contributed by atoms with van der Waals surface area (Å²) in [5.74, 6) is 1.33. The molecule has 0 aliphatic rings. The van der Waals surface area contributed by atoms with Gasteiger partial charge in [-0.2, -0.15) is 0 Å². The highest BCUT2D eigenvalue weighted by molar-refractivity contribution is 14.0. The normalized spacial score (nSPS) is 13.0. The van der Waals surface area contributed by atoms with E-state index in [0.29, 0.717) is 18.8 Å². The molecule has 0 aliphatic heterocycles. The number of rotatable bonds is 8. The molecule has 1 unspecified atom stereocenters. The van der Waals surface area contributed by atoms with E-state index >= 15 is 0 Å². The SMILES string of the molecule is CCNC(=NCC(C)(C)c1cccs1)NCCS(=O)c1ccccc1.I. The molecule has 0 aliphatic carbocycles. The Morgan fingerprint density at radius 3 is 2.50 bits per heavy atom. The summed E-state index contributed by atoms with van der Waals surface area (Å²) < 4.78 is 12.3. The summed E-state index contributed by atoms with van der Waals surface area (Å²) in [6.45, 7) is 8.57. The van der Waals surface area contributed by atoms with Crippen molar-refractivity contribution < 1.29 is 4.21 Å². The van der Waals surface area contributed by atoms with Crippen LogP contribution in [0.2, 0.25) is 0 Å². The quantitative estimate of drug-likeness (QED) is 0.324. The lowest BCUT2D eigenvalue weighted by Crippen LogP contribution is -2.40. The van der Waals surface area contributed by atoms with E-state index in [9.17, 15) is 4.21 Å². The van der Waals surface area contributed by atoms with Crippen molar-refractivity contribution in [2.45, 2.75) is 31.1 Å². The Balaban J connectivity index is 0.00000338. The van der Waals surface area contributed by atoms with Crippen LogP contribution in [0.4, 0.5) is 0 Å². The molecule has 0 saturated carbocycles. The van der Waals surface area contributed by atoms with Gasteiger partial charge in [-0.3, -0.25) is 9.20 Å². The Morgan fingerprint density at radius 2 is 1.88 bits per heavy atom. The number of thiophene rings is 1. The van der Waals surface area contributed by atoms with Crippen molar-refractivity contribution >= 4 is 52.1 Å². The van der Waals surface area contributed by atoms with E-state index in [4.69, 9.17) is 4.99 Å². The first-order valence-electron chi connectivity index (χ1n) is 8.52. The number of aliphatic imine (C=N–C) groups is 1. The molecule has 1 aromatic heterocycles. The fraction of sp³-hybridized carbons (Fsp3) is 0.421. The minimum Gasteiger partial charge on any atom is -0.357 e. The zero-order valence-electron chi connectivity index (χ0n) is 15.5. The number of hydrogen-bond donors (Lipinski definition) is 2. The molecule has 2 rings (SSSR count). The highest BCUT2D eigenvalue weighted by atomic mass is 127. The molecule has 1 aromatic carbocycles. The van der Waals surface area contributed by atoms with Crippen molar-refractivity contribution in [2.24, 2.45) is 4.99 Å². The van der Waals surface area contributed by atoms with Crippen LogP contribution in [0.15, 0.2) is 57.7 Å². The molecular formula is C19H28IN3OS2. The molecule has 0 radical (unpaired) electrons. The first-order valence-corrected chi connectivity index (χ1v) is 10.7. The number of nitrogens with zero attached hydrogens (tertiary/aromatic N) is 1. The van der Waals surface area contributed by atoms with Gasteiger partial charge >= 0.3 is 0 Å². The lowest BCUT2D eigenvalue weighted by molar-refractivity contribution is 0.548. The predicted molar refractivity (Wildman–Crippen MR) is 124 cm³/mol. The highest BCUT2D eigenvalue weighted by Gasteiger charge is 2.21. The van der Waals surface area contributed by atoms with Crippen LogP contribution in [0.25, 0.3) is 0 Å². The summed E-state index contributed by atoms with van der Waals surface area (Å²) in [5.41, 5.74) is 0.00335. The van der Waals surface area contributed by atoms with E-state index < -0.39 is 10.8 Å². The van der Waals surface area contributed by atoms with Crippen LogP contribution < -0.4 is 10.6 Å². The first kappa shape index (κ1) is 23.1. The second-order valence-electron chi connectivity index (χ2n) is 6.35. The van der Waals surface area contributed by atoms with Gasteiger partial charge in [0.25, 0.3) is 0 Å². The van der Waals surface area contributed by atoms with Crippen molar-refractivity contribution in [1.82, 2.24) is 10.6 Å². The third-order valence-corrected chi connectivity index (χ3v) is 6.36. The Bertz CT molecular complexity index is 688. The molecular weight excluding hydrogens is 477 g/mol. The Labute approximate surface area is 180 Å².